The predicted octanol–water partition coefficient (Wildman–Crippen LogP) is 3.80. The van der Waals surface area contributed by atoms with E-state index in [2.05, 4.69) is 0 Å². The van der Waals surface area contributed by atoms with Gasteiger partial charge in [0.05, 0.1) is 11.0 Å². The third-order valence-electron chi connectivity index (χ3n) is 9.54. The van der Waals surface area contributed by atoms with E-state index in [1.807, 2.05) is 13.8 Å². The zero-order valence-electron chi connectivity index (χ0n) is 21.0. The maximum absolute atomic E-state index is 13.2. The summed E-state index contributed by atoms with van der Waals surface area (Å²) in [4.78, 5) is 48.8. The van der Waals surface area contributed by atoms with Gasteiger partial charge in [-0.3, -0.25) is 14.4 Å². The second-order valence-electron chi connectivity index (χ2n) is 11.1. The van der Waals surface area contributed by atoms with Crippen LogP contribution in [0.25, 0.3) is 0 Å². The van der Waals surface area contributed by atoms with Crippen molar-refractivity contribution in [2.75, 3.05) is 6.61 Å². The van der Waals surface area contributed by atoms with Crippen LogP contribution in [0, 0.1) is 22.7 Å². The Balaban J connectivity index is 1.69. The van der Waals surface area contributed by atoms with Gasteiger partial charge in [-0.15, -0.1) is 11.6 Å². The number of carbonyl (C=O) groups excluding carboxylic acids is 4. The first-order valence-corrected chi connectivity index (χ1v) is 13.2. The number of aliphatic hydroxyl groups excluding tert-OH is 2. The molecule has 36 heavy (non-hydrogen) atoms. The lowest BCUT2D eigenvalue weighted by molar-refractivity contribution is -0.181. The number of unbranched alkanes of at least 4 members (excludes halogenated alkanes) is 1. The molecular formula is C27H35ClO8. The van der Waals surface area contributed by atoms with E-state index >= 15 is 0 Å². The molecule has 0 heterocycles. The number of alkyl halides is 1. The van der Waals surface area contributed by atoms with Crippen LogP contribution >= 0.6 is 11.6 Å². The highest BCUT2D eigenvalue weighted by Crippen LogP contribution is 2.71. The molecule has 9 heteroatoms. The number of halogens is 1. The molecular weight excluding hydrogens is 488 g/mol. The van der Waals surface area contributed by atoms with Crippen molar-refractivity contribution >= 4 is 35.3 Å². The van der Waals surface area contributed by atoms with Gasteiger partial charge < -0.3 is 19.7 Å². The van der Waals surface area contributed by atoms with Gasteiger partial charge in [0.2, 0.25) is 5.78 Å². The van der Waals surface area contributed by atoms with Crippen molar-refractivity contribution in [2.45, 2.75) is 88.7 Å². The van der Waals surface area contributed by atoms with E-state index in [1.54, 1.807) is 19.1 Å². The van der Waals surface area contributed by atoms with E-state index in [-0.39, 0.29) is 36.9 Å². The molecule has 1 unspecified atom stereocenters. The van der Waals surface area contributed by atoms with Crippen LogP contribution in [0.15, 0.2) is 23.8 Å². The van der Waals surface area contributed by atoms with Gasteiger partial charge in [-0.05, 0) is 62.5 Å². The summed E-state index contributed by atoms with van der Waals surface area (Å²) in [5.41, 5.74) is -2.69. The fraction of sp³-hybridized carbons (Fsp3) is 0.704. The van der Waals surface area contributed by atoms with E-state index in [9.17, 15) is 29.4 Å². The number of allylic oxidation sites excluding steroid dienone is 4. The molecule has 7 atom stereocenters. The largest absolute Gasteiger partial charge is 0.517 e. The highest BCUT2D eigenvalue weighted by atomic mass is 35.5. The van der Waals surface area contributed by atoms with E-state index in [0.29, 0.717) is 25.7 Å². The lowest BCUT2D eigenvalue weighted by atomic mass is 9.45. The Morgan fingerprint density at radius 2 is 1.92 bits per heavy atom. The van der Waals surface area contributed by atoms with Gasteiger partial charge in [0.25, 0.3) is 0 Å². The Labute approximate surface area is 216 Å². The van der Waals surface area contributed by atoms with Crippen molar-refractivity contribution < 1.29 is 38.9 Å². The van der Waals surface area contributed by atoms with Crippen molar-refractivity contribution in [1.29, 1.82) is 0 Å². The second-order valence-corrected chi connectivity index (χ2v) is 11.8. The first-order valence-electron chi connectivity index (χ1n) is 12.8. The van der Waals surface area contributed by atoms with Crippen molar-refractivity contribution in [2.24, 2.45) is 22.7 Å². The Morgan fingerprint density at radius 1 is 1.19 bits per heavy atom. The second kappa shape index (κ2) is 9.37. The van der Waals surface area contributed by atoms with E-state index in [0.717, 1.165) is 12.0 Å². The summed E-state index contributed by atoms with van der Waals surface area (Å²) >= 11 is 7.38. The van der Waals surface area contributed by atoms with Gasteiger partial charge >= 0.3 is 12.1 Å². The van der Waals surface area contributed by atoms with Crippen LogP contribution in [0.1, 0.15) is 72.1 Å². The molecule has 0 aromatic rings. The maximum atomic E-state index is 13.2. The highest BCUT2D eigenvalue weighted by Gasteiger charge is 2.74. The van der Waals surface area contributed by atoms with Crippen LogP contribution in [0.5, 0.6) is 0 Å². The summed E-state index contributed by atoms with van der Waals surface area (Å²) in [5, 5.41) is 21.5. The SMILES string of the molecule is CCCCC(=O)OC(=O)O[C@]1(C(=O)CO)CC[C@H]2[C@@H]3CCC4=CC(=O)C=C[C@]4(C)[C@@]3(Cl)C(O)C[C@@]21C. The number of hydrogen-bond acceptors (Lipinski definition) is 8. The van der Waals surface area contributed by atoms with Gasteiger partial charge in [-0.1, -0.05) is 38.8 Å². The Kier molecular flexibility index (Phi) is 7.03. The number of hydrogen-bond donors (Lipinski definition) is 2. The molecule has 4 rings (SSSR count). The molecule has 0 spiro atoms. The van der Waals surface area contributed by atoms with Gasteiger partial charge in [0.15, 0.2) is 11.4 Å². The number of Topliss-reactive ketones (excluding diaryl/α,β-unsaturated/α-hetero) is 1. The summed E-state index contributed by atoms with van der Waals surface area (Å²) < 4.78 is 10.5. The zero-order valence-corrected chi connectivity index (χ0v) is 21.8. The highest BCUT2D eigenvalue weighted by molar-refractivity contribution is 6.26. The first-order chi connectivity index (χ1) is 16.9. The number of ketones is 2. The molecule has 198 valence electrons. The lowest BCUT2D eigenvalue weighted by Crippen LogP contribution is -2.69. The monoisotopic (exact) mass is 522 g/mol. The molecule has 0 saturated heterocycles. The molecule has 0 aromatic heterocycles. The van der Waals surface area contributed by atoms with Gasteiger partial charge in [0.1, 0.15) is 6.61 Å². The van der Waals surface area contributed by atoms with Crippen LogP contribution in [-0.2, 0) is 23.9 Å². The van der Waals surface area contributed by atoms with Crippen molar-refractivity contribution in [3.63, 3.8) is 0 Å². The maximum Gasteiger partial charge on any atom is 0.517 e. The minimum absolute atomic E-state index is 0.0329. The molecule has 3 fully saturated rings. The Hall–Kier alpha value is -2.03. The number of aliphatic hydroxyl groups is 2. The van der Waals surface area contributed by atoms with E-state index in [1.165, 1.54) is 6.08 Å². The molecule has 4 aliphatic carbocycles. The number of carbonyl (C=O) groups is 4. The average molecular weight is 523 g/mol. The van der Waals surface area contributed by atoms with Crippen molar-refractivity contribution in [1.82, 2.24) is 0 Å². The molecule has 0 amide bonds. The molecule has 0 radical (unpaired) electrons. The zero-order chi connectivity index (χ0) is 26.5. The van der Waals surface area contributed by atoms with Crippen molar-refractivity contribution in [3.8, 4) is 0 Å². The quantitative estimate of drug-likeness (QED) is 0.306. The minimum Gasteiger partial charge on any atom is -0.419 e. The molecule has 3 saturated carbocycles. The third-order valence-corrected chi connectivity index (χ3v) is 10.5. The van der Waals surface area contributed by atoms with Crippen LogP contribution in [0.2, 0.25) is 0 Å². The number of esters is 1. The van der Waals surface area contributed by atoms with Gasteiger partial charge in [-0.25, -0.2) is 4.79 Å². The Bertz CT molecular complexity index is 1030. The van der Waals surface area contributed by atoms with Gasteiger partial charge in [0, 0.05) is 17.3 Å². The van der Waals surface area contributed by atoms with Crippen LogP contribution in [0.4, 0.5) is 4.79 Å². The summed E-state index contributed by atoms with van der Waals surface area (Å²) in [6, 6.07) is 0. The van der Waals surface area contributed by atoms with Gasteiger partial charge in [-0.2, -0.15) is 0 Å². The number of ether oxygens (including phenoxy) is 2. The molecule has 0 aliphatic heterocycles. The predicted molar refractivity (Wildman–Crippen MR) is 130 cm³/mol. The fourth-order valence-electron chi connectivity index (χ4n) is 7.64. The standard InChI is InChI=1S/C27H35ClO8/c1-4-5-6-22(33)35-23(34)36-26(21(32)15-29)12-10-18-19-8-7-16-13-17(30)9-11-24(16,2)27(19,28)20(31)14-25(18,26)3/h9,11,13,18-20,29,31H,4-8,10,12,14-15H2,1-3H3/t18-,19-,20?,24-,25-,26-,27-/m0/s1. The minimum atomic E-state index is -1.76. The third kappa shape index (κ3) is 3.71. The molecule has 0 bridgehead atoms. The first kappa shape index (κ1) is 27.0. The number of rotatable bonds is 6. The molecule has 2 N–H and O–H groups in total. The summed E-state index contributed by atoms with van der Waals surface area (Å²) in [6.07, 6.45) is 5.67. The normalized spacial score (nSPS) is 41.0. The molecule has 4 aliphatic rings. The van der Waals surface area contributed by atoms with Crippen LogP contribution in [0.3, 0.4) is 0 Å². The topological polar surface area (TPSA) is 127 Å². The van der Waals surface area contributed by atoms with Crippen molar-refractivity contribution in [3.05, 3.63) is 23.8 Å². The fourth-order valence-corrected chi connectivity index (χ4v) is 8.16. The molecule has 8 nitrogen and oxygen atoms in total. The lowest BCUT2D eigenvalue weighted by Gasteiger charge is -2.63. The summed E-state index contributed by atoms with van der Waals surface area (Å²) in [7, 11) is 0. The summed E-state index contributed by atoms with van der Waals surface area (Å²) in [5.74, 6) is -2.01. The smallest absolute Gasteiger partial charge is 0.419 e. The number of fused-ring (bicyclic) bond motifs is 5. The Morgan fingerprint density at radius 3 is 2.58 bits per heavy atom. The van der Waals surface area contributed by atoms with Crippen LogP contribution < -0.4 is 0 Å². The van der Waals surface area contributed by atoms with E-state index < -0.39 is 51.9 Å². The average Bonchev–Trinajstić information content (AvgIpc) is 3.10. The van der Waals surface area contributed by atoms with E-state index in [4.69, 9.17) is 21.1 Å². The van der Waals surface area contributed by atoms with Crippen LogP contribution in [-0.4, -0.2) is 57.1 Å². The summed E-state index contributed by atoms with van der Waals surface area (Å²) in [6.45, 7) is 4.76. The molecule has 0 aromatic carbocycles.